The van der Waals surface area contributed by atoms with Crippen molar-refractivity contribution in [2.45, 2.75) is 52.2 Å². The van der Waals surface area contributed by atoms with E-state index in [1.807, 2.05) is 74.5 Å². The molecule has 1 fully saturated rings. The van der Waals surface area contributed by atoms with E-state index in [0.29, 0.717) is 6.61 Å². The van der Waals surface area contributed by atoms with E-state index in [4.69, 9.17) is 4.74 Å². The zero-order chi connectivity index (χ0) is 23.2. The molecule has 1 aromatic heterocycles. The summed E-state index contributed by atoms with van der Waals surface area (Å²) in [5.74, 6) is 0.523. The fraction of sp³-hybridized carbons (Fsp3) is 0.286. The van der Waals surface area contributed by atoms with E-state index in [-0.39, 0.29) is 17.5 Å². The Bertz CT molecular complexity index is 1180. The summed E-state index contributed by atoms with van der Waals surface area (Å²) in [6, 6.07) is 22.3. The van der Waals surface area contributed by atoms with Gasteiger partial charge in [0.25, 0.3) is 5.91 Å². The summed E-state index contributed by atoms with van der Waals surface area (Å²) in [5, 5.41) is 12.6. The molecule has 0 unspecified atom stereocenters. The number of benzene rings is 2. The lowest BCUT2D eigenvalue weighted by atomic mass is 10.1. The second-order valence-corrected chi connectivity index (χ2v) is 8.55. The van der Waals surface area contributed by atoms with Crippen molar-refractivity contribution in [3.8, 4) is 17.5 Å². The number of amides is 1. The monoisotopic (exact) mass is 439 g/mol. The van der Waals surface area contributed by atoms with Crippen LogP contribution in [0.1, 0.15) is 48.2 Å². The third-order valence-electron chi connectivity index (χ3n) is 6.17. The number of hydrogen-bond donors (Lipinski definition) is 1. The van der Waals surface area contributed by atoms with Gasteiger partial charge in [0, 0.05) is 23.1 Å². The van der Waals surface area contributed by atoms with Crippen LogP contribution in [-0.2, 0) is 11.4 Å². The van der Waals surface area contributed by atoms with E-state index in [9.17, 15) is 10.1 Å². The number of carbonyl (C=O) groups excluding carboxylic acids is 1. The third kappa shape index (κ3) is 5.35. The molecule has 1 amide bonds. The Morgan fingerprint density at radius 2 is 1.82 bits per heavy atom. The van der Waals surface area contributed by atoms with Gasteiger partial charge in [0.2, 0.25) is 0 Å². The predicted molar refractivity (Wildman–Crippen MR) is 130 cm³/mol. The lowest BCUT2D eigenvalue weighted by Gasteiger charge is -2.12. The Balaban J connectivity index is 1.50. The second kappa shape index (κ2) is 10.2. The van der Waals surface area contributed by atoms with Gasteiger partial charge < -0.3 is 14.6 Å². The van der Waals surface area contributed by atoms with Crippen molar-refractivity contribution in [2.24, 2.45) is 0 Å². The molecule has 5 nitrogen and oxygen atoms in total. The Morgan fingerprint density at radius 3 is 2.48 bits per heavy atom. The summed E-state index contributed by atoms with van der Waals surface area (Å²) >= 11 is 0. The van der Waals surface area contributed by atoms with Crippen molar-refractivity contribution >= 4 is 12.0 Å². The maximum absolute atomic E-state index is 12.6. The van der Waals surface area contributed by atoms with Gasteiger partial charge in [-0.1, -0.05) is 43.2 Å². The first kappa shape index (κ1) is 22.4. The summed E-state index contributed by atoms with van der Waals surface area (Å²) in [4.78, 5) is 12.6. The topological polar surface area (TPSA) is 67.0 Å². The number of aryl methyl sites for hydroxylation is 1. The molecule has 4 rings (SSSR count). The Hall–Kier alpha value is -3.78. The van der Waals surface area contributed by atoms with Crippen LogP contribution in [0.4, 0.5) is 0 Å². The number of rotatable bonds is 7. The molecule has 1 aliphatic rings. The van der Waals surface area contributed by atoms with E-state index in [1.165, 1.54) is 0 Å². The van der Waals surface area contributed by atoms with E-state index >= 15 is 0 Å². The lowest BCUT2D eigenvalue weighted by Crippen LogP contribution is -2.33. The molecular weight excluding hydrogens is 410 g/mol. The van der Waals surface area contributed by atoms with E-state index in [0.717, 1.165) is 59.6 Å². The van der Waals surface area contributed by atoms with Crippen molar-refractivity contribution in [3.05, 3.63) is 88.8 Å². The summed E-state index contributed by atoms with van der Waals surface area (Å²) < 4.78 is 8.02. The number of carbonyl (C=O) groups is 1. The molecule has 0 aliphatic heterocycles. The van der Waals surface area contributed by atoms with E-state index in [2.05, 4.69) is 16.0 Å². The van der Waals surface area contributed by atoms with Gasteiger partial charge in [-0.15, -0.1) is 0 Å². The van der Waals surface area contributed by atoms with Gasteiger partial charge >= 0.3 is 0 Å². The Morgan fingerprint density at radius 1 is 1.12 bits per heavy atom. The van der Waals surface area contributed by atoms with Gasteiger partial charge in [0.1, 0.15) is 24.0 Å². The molecular formula is C28H29N3O2. The first-order valence-electron chi connectivity index (χ1n) is 11.4. The van der Waals surface area contributed by atoms with Gasteiger partial charge in [-0.25, -0.2) is 0 Å². The molecule has 1 N–H and O–H groups in total. The minimum absolute atomic E-state index is 0.145. The number of nitrogens with zero attached hydrogens (tertiary/aromatic N) is 2. The van der Waals surface area contributed by atoms with Crippen LogP contribution < -0.4 is 10.1 Å². The molecule has 1 saturated carbocycles. The highest BCUT2D eigenvalue weighted by Gasteiger charge is 2.20. The molecule has 3 aromatic rings. The molecule has 33 heavy (non-hydrogen) atoms. The molecule has 0 saturated heterocycles. The SMILES string of the molecule is Cc1cc(/C=C(/C#N)C(=O)NC2CCCC2)c(C)n1-c1ccc(OCc2ccccc2)cc1. The maximum atomic E-state index is 12.6. The molecule has 0 bridgehead atoms. The lowest BCUT2D eigenvalue weighted by molar-refractivity contribution is -0.117. The van der Waals surface area contributed by atoms with E-state index in [1.54, 1.807) is 6.08 Å². The van der Waals surface area contributed by atoms with Gasteiger partial charge in [-0.2, -0.15) is 5.26 Å². The summed E-state index contributed by atoms with van der Waals surface area (Å²) in [6.45, 7) is 4.55. The first-order chi connectivity index (χ1) is 16.0. The first-order valence-corrected chi connectivity index (χ1v) is 11.4. The summed E-state index contributed by atoms with van der Waals surface area (Å²) in [7, 11) is 0. The van der Waals surface area contributed by atoms with Crippen LogP contribution in [0, 0.1) is 25.2 Å². The standard InChI is InChI=1S/C28H29N3O2/c1-20-16-23(17-24(18-29)28(32)30-25-10-6-7-11-25)21(2)31(20)26-12-14-27(15-13-26)33-19-22-8-4-3-5-9-22/h3-5,8-9,12-17,25H,6-7,10-11,19H2,1-2H3,(H,30,32)/b24-17-. The van der Waals surface area contributed by atoms with Crippen LogP contribution in [0.5, 0.6) is 5.75 Å². The predicted octanol–water partition coefficient (Wildman–Crippen LogP) is 5.64. The van der Waals surface area contributed by atoms with Crippen LogP contribution in [0.3, 0.4) is 0 Å². The minimum Gasteiger partial charge on any atom is -0.489 e. The number of aromatic nitrogens is 1. The number of nitriles is 1. The van der Waals surface area contributed by atoms with Crippen LogP contribution in [-0.4, -0.2) is 16.5 Å². The second-order valence-electron chi connectivity index (χ2n) is 8.55. The van der Waals surface area contributed by atoms with Crippen molar-refractivity contribution in [3.63, 3.8) is 0 Å². The summed E-state index contributed by atoms with van der Waals surface area (Å²) in [6.07, 6.45) is 5.94. The smallest absolute Gasteiger partial charge is 0.262 e. The highest BCUT2D eigenvalue weighted by Crippen LogP contribution is 2.25. The van der Waals surface area contributed by atoms with E-state index < -0.39 is 0 Å². The molecule has 1 aliphatic carbocycles. The molecule has 2 aromatic carbocycles. The van der Waals surface area contributed by atoms with Gasteiger partial charge in [-0.3, -0.25) is 4.79 Å². The molecule has 0 radical (unpaired) electrons. The number of ether oxygens (including phenoxy) is 1. The Labute approximate surface area is 195 Å². The average Bonchev–Trinajstić information content (AvgIpc) is 3.44. The van der Waals surface area contributed by atoms with Crippen LogP contribution in [0.2, 0.25) is 0 Å². The minimum atomic E-state index is -0.283. The average molecular weight is 440 g/mol. The zero-order valence-electron chi connectivity index (χ0n) is 19.2. The summed E-state index contributed by atoms with van der Waals surface area (Å²) in [5.41, 5.74) is 5.16. The number of hydrogen-bond acceptors (Lipinski definition) is 3. The highest BCUT2D eigenvalue weighted by molar-refractivity contribution is 6.02. The third-order valence-corrected chi connectivity index (χ3v) is 6.17. The largest absolute Gasteiger partial charge is 0.489 e. The van der Waals surface area contributed by atoms with Crippen molar-refractivity contribution < 1.29 is 9.53 Å². The fourth-order valence-corrected chi connectivity index (χ4v) is 4.40. The fourth-order valence-electron chi connectivity index (χ4n) is 4.40. The highest BCUT2D eigenvalue weighted by atomic mass is 16.5. The van der Waals surface area contributed by atoms with Gasteiger partial charge in [-0.05, 0) is 74.2 Å². The zero-order valence-corrected chi connectivity index (χ0v) is 19.2. The number of nitrogens with one attached hydrogen (secondary N) is 1. The van der Waals surface area contributed by atoms with Gasteiger partial charge in [0.05, 0.1) is 0 Å². The Kier molecular flexibility index (Phi) is 6.95. The normalized spacial score (nSPS) is 14.2. The molecule has 5 heteroatoms. The maximum Gasteiger partial charge on any atom is 0.262 e. The molecule has 1 heterocycles. The van der Waals surface area contributed by atoms with Crippen molar-refractivity contribution in [2.75, 3.05) is 0 Å². The van der Waals surface area contributed by atoms with Crippen LogP contribution in [0.15, 0.2) is 66.2 Å². The van der Waals surface area contributed by atoms with Crippen molar-refractivity contribution in [1.29, 1.82) is 5.26 Å². The van der Waals surface area contributed by atoms with Gasteiger partial charge in [0.15, 0.2) is 0 Å². The molecule has 0 atom stereocenters. The van der Waals surface area contributed by atoms with Crippen LogP contribution in [0.25, 0.3) is 11.8 Å². The van der Waals surface area contributed by atoms with Crippen molar-refractivity contribution in [1.82, 2.24) is 9.88 Å². The van der Waals surface area contributed by atoms with Crippen LogP contribution >= 0.6 is 0 Å². The quantitative estimate of drug-likeness (QED) is 0.383. The molecule has 168 valence electrons. The molecule has 0 spiro atoms.